The van der Waals surface area contributed by atoms with Crippen molar-refractivity contribution in [1.29, 1.82) is 0 Å². The highest BCUT2D eigenvalue weighted by Crippen LogP contribution is 2.55. The monoisotopic (exact) mass is 1930 g/mol. The molecule has 133 heavy (non-hydrogen) atoms. The first-order valence-electron chi connectivity index (χ1n) is 48.4. The van der Waals surface area contributed by atoms with Crippen LogP contribution in [0.15, 0.2) is 41.3 Å². The Hall–Kier alpha value is -6.67. The predicted octanol–water partition coefficient (Wildman–Crippen LogP) is 0.539. The maximum Gasteiger partial charge on any atom is 0.247 e. The van der Waals surface area contributed by atoms with Crippen molar-refractivity contribution in [3.8, 4) is 23.0 Å². The zero-order valence-corrected chi connectivity index (χ0v) is 79.0. The second kappa shape index (κ2) is 44.2. The van der Waals surface area contributed by atoms with Gasteiger partial charge in [-0.05, 0) is 263 Å². The highest BCUT2D eigenvalue weighted by Gasteiger charge is 2.59. The van der Waals surface area contributed by atoms with E-state index >= 15 is 28.8 Å². The minimum absolute atomic E-state index is 0.00262. The van der Waals surface area contributed by atoms with E-state index < -0.39 is 262 Å². The molecule has 2 saturated heterocycles. The van der Waals surface area contributed by atoms with Crippen LogP contribution in [0, 0.1) is 76.9 Å². The number of amides is 8. The van der Waals surface area contributed by atoms with Gasteiger partial charge < -0.3 is 134 Å². The van der Waals surface area contributed by atoms with Gasteiger partial charge in [0.2, 0.25) is 63.0 Å². The summed E-state index contributed by atoms with van der Waals surface area (Å²) in [5, 5.41) is 135. The topological polar surface area (TPSA) is 580 Å². The number of benzene rings is 2. The molecule has 32 atom stereocenters. The van der Waals surface area contributed by atoms with Gasteiger partial charge in [-0.3, -0.25) is 38.4 Å². The third kappa shape index (κ3) is 23.6. The minimum atomic E-state index is -3.91. The number of nitrogens with two attached hydrogens (primary N) is 2. The van der Waals surface area contributed by atoms with Crippen LogP contribution in [-0.2, 0) is 57.9 Å². The summed E-state index contributed by atoms with van der Waals surface area (Å²) in [7, 11) is -2.38. The number of primary amides is 1. The number of aliphatic hydroxyl groups excluding tert-OH is 9. The van der Waals surface area contributed by atoms with E-state index in [2.05, 4.69) is 59.5 Å². The van der Waals surface area contributed by atoms with Crippen LogP contribution in [0.5, 0.6) is 23.0 Å². The van der Waals surface area contributed by atoms with Crippen molar-refractivity contribution in [1.82, 2.24) is 52.6 Å². The molecule has 23 N–H and O–H groups in total. The fraction of sp³-hybridized carbons (Fsp3) is 0.785. The molecule has 11 fully saturated rings. The molecule has 15 bridgehead atoms. The SMILES string of the molecule is CCCCCOc1ccc(S(=O)(=O)NCCCCNCC2[C@H](O)C3C4C[C@H](CC[C@H]4O)[C@H]4NC(=O)[C@@H]5NC(=O)[C@H](CC(N)=O)NC(=O)[C@H](NC(=O)[C@@H](CC(C)C)NC)[C@H](O)[C@H]6CC[C@@H](Oc7cc5cc(c7O[C@@H]5C[C@H](CO)[C@@H](O)[C@H](O)[C@H]5O[C@H]5C[C@](C)(N)[C@H](O)[C@H](C)O5)O[C@@H]5CC[C@@H](C[C@@H]5Cl)[C@@H](O)[C@H](NC4=O)C(=O)N[C@H](C(=O)NC4C5CC7CC(C5)CC4C7)C3C[C@@H]2O)[C@H](Cl)C6)cc1. The van der Waals surface area contributed by atoms with Gasteiger partial charge in [0.1, 0.15) is 72.5 Å². The summed E-state index contributed by atoms with van der Waals surface area (Å²) in [5.41, 5.74) is 11.0. The van der Waals surface area contributed by atoms with Crippen LogP contribution < -0.4 is 83.0 Å². The van der Waals surface area contributed by atoms with Crippen LogP contribution >= 0.6 is 23.2 Å². The lowest BCUT2D eigenvalue weighted by Gasteiger charge is -2.55. The third-order valence-electron chi connectivity index (χ3n) is 31.1. The Bertz CT molecular complexity index is 4470. The summed E-state index contributed by atoms with van der Waals surface area (Å²) in [5.74, 6) is -16.2. The van der Waals surface area contributed by atoms with Crippen molar-refractivity contribution in [3.63, 3.8) is 0 Å². The molecule has 9 saturated carbocycles. The van der Waals surface area contributed by atoms with E-state index in [1.165, 1.54) is 31.3 Å². The Morgan fingerprint density at radius 2 is 1.29 bits per heavy atom. The Kier molecular flexibility index (Phi) is 34.0. The summed E-state index contributed by atoms with van der Waals surface area (Å²) in [4.78, 5) is 125. The van der Waals surface area contributed by atoms with E-state index in [0.717, 1.165) is 51.4 Å². The van der Waals surface area contributed by atoms with E-state index in [1.807, 2.05) is 13.8 Å². The number of carbonyl (C=O) groups is 8. The van der Waals surface area contributed by atoms with E-state index in [0.29, 0.717) is 37.0 Å². The fourth-order valence-corrected chi connectivity index (χ4v) is 26.0. The van der Waals surface area contributed by atoms with E-state index in [9.17, 15) is 64.0 Å². The molecule has 2 aromatic rings. The number of likely N-dealkylation sites (N-methyl/N-ethyl adjacent to an activating group) is 1. The molecule has 15 aliphatic rings. The number of ether oxygens (including phenoxy) is 6. The molecular formula is C93H142Cl2N12O25S. The molecular weight excluding hydrogens is 1790 g/mol. The zero-order chi connectivity index (χ0) is 95.5. The Labute approximate surface area is 787 Å². The molecule has 0 aromatic heterocycles. The smallest absolute Gasteiger partial charge is 0.247 e. The fourth-order valence-electron chi connectivity index (χ4n) is 24.1. The van der Waals surface area contributed by atoms with Crippen LogP contribution in [0.25, 0.3) is 0 Å². The number of hydrogen-bond donors (Lipinski definition) is 21. The second-order valence-electron chi connectivity index (χ2n) is 41.1. The molecule has 6 aliphatic heterocycles. The summed E-state index contributed by atoms with van der Waals surface area (Å²) >= 11 is 15.2. The molecule has 2 aromatic carbocycles. The van der Waals surface area contributed by atoms with E-state index in [4.69, 9.17) is 63.1 Å². The number of alkyl halides is 2. The summed E-state index contributed by atoms with van der Waals surface area (Å²) in [6.07, 6.45) is -13.8. The molecule has 40 heteroatoms. The van der Waals surface area contributed by atoms with Crippen molar-refractivity contribution in [2.45, 2.75) is 344 Å². The van der Waals surface area contributed by atoms with Crippen molar-refractivity contribution in [2.75, 3.05) is 39.9 Å². The molecule has 744 valence electrons. The van der Waals surface area contributed by atoms with Gasteiger partial charge in [0.25, 0.3) is 0 Å². The lowest BCUT2D eigenvalue weighted by atomic mass is 9.54. The summed E-state index contributed by atoms with van der Waals surface area (Å²) in [6.45, 7) is 9.11. The quantitative estimate of drug-likeness (QED) is 0.0408. The van der Waals surface area contributed by atoms with Crippen molar-refractivity contribution >= 4 is 80.5 Å². The molecule has 4 unspecified atom stereocenters. The van der Waals surface area contributed by atoms with Gasteiger partial charge in [0, 0.05) is 49.5 Å². The van der Waals surface area contributed by atoms with Crippen LogP contribution in [0.3, 0.4) is 0 Å². The number of halogens is 2. The Morgan fingerprint density at radius 1 is 0.662 bits per heavy atom. The highest BCUT2D eigenvalue weighted by atomic mass is 35.5. The van der Waals surface area contributed by atoms with Gasteiger partial charge in [-0.15, -0.1) is 23.2 Å². The van der Waals surface area contributed by atoms with Crippen LogP contribution in [-0.4, -0.2) is 286 Å². The van der Waals surface area contributed by atoms with Crippen LogP contribution in [0.4, 0.5) is 0 Å². The van der Waals surface area contributed by atoms with Crippen LogP contribution in [0.1, 0.15) is 200 Å². The van der Waals surface area contributed by atoms with E-state index in [-0.39, 0.29) is 155 Å². The first kappa shape index (κ1) is 102. The molecule has 6 heterocycles. The third-order valence-corrected chi connectivity index (χ3v) is 33.5. The summed E-state index contributed by atoms with van der Waals surface area (Å²) < 4.78 is 69.6. The number of unbranched alkanes of at least 4 members (excludes halogenated alkanes) is 3. The Morgan fingerprint density at radius 3 is 1.91 bits per heavy atom. The number of sulfonamides is 1. The molecule has 0 radical (unpaired) electrons. The number of nitrogens with one attached hydrogen (secondary N) is 10. The first-order valence-corrected chi connectivity index (χ1v) is 50.8. The van der Waals surface area contributed by atoms with Gasteiger partial charge in [-0.2, -0.15) is 0 Å². The Balaban J connectivity index is 0.858. The lowest BCUT2D eigenvalue weighted by Crippen LogP contribution is -2.68. The second-order valence-corrected chi connectivity index (χ2v) is 43.9. The number of carbonyl (C=O) groups excluding carboxylic acids is 8. The molecule has 9 aliphatic carbocycles. The highest BCUT2D eigenvalue weighted by molar-refractivity contribution is 7.89. The van der Waals surface area contributed by atoms with Gasteiger partial charge >= 0.3 is 0 Å². The molecule has 37 nitrogen and oxygen atoms in total. The molecule has 17 rings (SSSR count). The largest absolute Gasteiger partial charge is 0.494 e. The maximum absolute atomic E-state index is 16.8. The standard InChI is InChI=1S/C93H142Cl2N12O25S/c1-7-8-11-24-127-53-15-17-54(18-16-53)133(125,126)100-23-10-9-22-99-40-57-63(110)37-56-71(81(57)115)55-31-46(12-19-62(55)109)73-88(120)107-77(92(124)105-75(56)90(122)102-72-49-27-44-26-45(29-49)30-50(72)28-44)79(113)48-14-21-65(59(95)33-48)130-67-35-51-34-66(83(67)131-68-36-52(41-108)80(114)82(116)84(68)132-70-39-93(5,97)85(117)43(4)128-70)129-64-20-13-47(32-58(64)94)78(112)76(106-86(118)60(98-6)25-42(2)3)91(123)101-61(38-69(96)111)87(119)103-74(51)89(121)104-73/h15-18,34-35,42-50,52,55-65,68,70-82,84-85,98-100,108-110,112-117H,7-14,19-33,36-41,97H2,1-6H3,(H2,96,111)(H,101,123)(H,102,122)(H,103,119)(H,104,121)(H,105,124)(H,106,118)(H,107,120)/t43-,44?,45?,46-,47-,48-,49?,50?,52+,55?,56?,57?,58+,59-,60+,61-,62+,63-,64+,65+,68+,70-,71?,72?,73+,74+,75-,76+,77-,78+,79+,80+,81-,82-,84-,85+,93-/m0/s1. The number of rotatable bonds is 28. The number of aliphatic hydroxyl groups is 9. The molecule has 8 amide bonds. The summed E-state index contributed by atoms with van der Waals surface area (Å²) in [6, 6.07) is -3.99. The predicted molar refractivity (Wildman–Crippen MR) is 484 cm³/mol. The first-order chi connectivity index (χ1) is 63.3. The van der Waals surface area contributed by atoms with Gasteiger partial charge in [0.15, 0.2) is 17.8 Å². The van der Waals surface area contributed by atoms with Crippen molar-refractivity contribution in [3.05, 3.63) is 42.0 Å². The van der Waals surface area contributed by atoms with Gasteiger partial charge in [0.05, 0.1) is 83.6 Å². The van der Waals surface area contributed by atoms with E-state index in [1.54, 1.807) is 26.0 Å². The van der Waals surface area contributed by atoms with Crippen molar-refractivity contribution < 1.29 is 121 Å². The molecule has 0 spiro atoms. The maximum atomic E-state index is 16.8. The zero-order valence-electron chi connectivity index (χ0n) is 76.7. The lowest BCUT2D eigenvalue weighted by molar-refractivity contribution is -0.286. The van der Waals surface area contributed by atoms with Gasteiger partial charge in [-0.1, -0.05) is 33.6 Å². The van der Waals surface area contributed by atoms with Crippen molar-refractivity contribution in [2.24, 2.45) is 88.4 Å². The van der Waals surface area contributed by atoms with Gasteiger partial charge in [-0.25, -0.2) is 13.1 Å². The van der Waals surface area contributed by atoms with Crippen LogP contribution in [0.2, 0.25) is 0 Å². The minimum Gasteiger partial charge on any atom is -0.494 e. The normalized spacial score (nSPS) is 40.1. The number of fused-ring (bicyclic) bond motifs is 15. The number of hydrogen-bond acceptors (Lipinski definition) is 28. The average molecular weight is 1930 g/mol. The average Bonchev–Trinajstić information content (AvgIpc) is 0.789.